The van der Waals surface area contributed by atoms with Crippen LogP contribution in [0.15, 0.2) is 47.2 Å². The summed E-state index contributed by atoms with van der Waals surface area (Å²) in [5, 5.41) is 2.83. The quantitative estimate of drug-likeness (QED) is 0.880. The molecular formula is C14H13BrN2O2. The maximum atomic E-state index is 12.0. The van der Waals surface area contributed by atoms with Crippen LogP contribution in [0.1, 0.15) is 15.9 Å². The third-order valence-corrected chi connectivity index (χ3v) is 2.95. The van der Waals surface area contributed by atoms with Crippen LogP contribution in [0.4, 0.5) is 5.69 Å². The van der Waals surface area contributed by atoms with Crippen molar-refractivity contribution in [2.45, 2.75) is 6.61 Å². The number of benzene rings is 1. The molecule has 0 spiro atoms. The second-order valence-electron chi connectivity index (χ2n) is 3.96. The first-order valence-electron chi connectivity index (χ1n) is 5.70. The van der Waals surface area contributed by atoms with Gasteiger partial charge in [0.25, 0.3) is 5.91 Å². The number of anilines is 1. The van der Waals surface area contributed by atoms with Crippen molar-refractivity contribution >= 4 is 27.5 Å². The number of methoxy groups -OCH3 is 1. The molecular weight excluding hydrogens is 308 g/mol. The Morgan fingerprint density at radius 1 is 1.37 bits per heavy atom. The molecule has 1 aromatic carbocycles. The fraction of sp³-hybridized carbons (Fsp3) is 0.143. The van der Waals surface area contributed by atoms with E-state index in [1.165, 1.54) is 6.20 Å². The first-order chi connectivity index (χ1) is 9.19. The van der Waals surface area contributed by atoms with Gasteiger partial charge in [-0.25, -0.2) is 4.98 Å². The normalized spacial score (nSPS) is 10.2. The van der Waals surface area contributed by atoms with Gasteiger partial charge in [-0.15, -0.1) is 0 Å². The minimum Gasteiger partial charge on any atom is -0.380 e. The summed E-state index contributed by atoms with van der Waals surface area (Å²) in [6, 6.07) is 11.0. The summed E-state index contributed by atoms with van der Waals surface area (Å²) in [4.78, 5) is 16.0. The molecule has 0 aliphatic carbocycles. The minimum atomic E-state index is -0.186. The van der Waals surface area contributed by atoms with Crippen LogP contribution < -0.4 is 5.32 Å². The largest absolute Gasteiger partial charge is 0.380 e. The van der Waals surface area contributed by atoms with Crippen LogP contribution in [-0.4, -0.2) is 18.0 Å². The summed E-state index contributed by atoms with van der Waals surface area (Å²) in [6.07, 6.45) is 1.53. The Balaban J connectivity index is 2.10. The van der Waals surface area contributed by atoms with Crippen LogP contribution in [0.5, 0.6) is 0 Å². The molecule has 2 aromatic rings. The summed E-state index contributed by atoms with van der Waals surface area (Å²) < 4.78 is 5.76. The summed E-state index contributed by atoms with van der Waals surface area (Å²) in [5.41, 5.74) is 2.26. The van der Waals surface area contributed by atoms with Gasteiger partial charge in [-0.3, -0.25) is 4.79 Å². The number of hydrogen-bond acceptors (Lipinski definition) is 3. The van der Waals surface area contributed by atoms with E-state index in [2.05, 4.69) is 26.2 Å². The van der Waals surface area contributed by atoms with E-state index in [0.29, 0.717) is 16.8 Å². The smallest absolute Gasteiger partial charge is 0.257 e. The summed E-state index contributed by atoms with van der Waals surface area (Å²) in [6.45, 7) is 0.517. The number of pyridine rings is 1. The highest BCUT2D eigenvalue weighted by molar-refractivity contribution is 9.10. The molecule has 0 fully saturated rings. The van der Waals surface area contributed by atoms with E-state index in [1.807, 2.05) is 24.3 Å². The van der Waals surface area contributed by atoms with Crippen molar-refractivity contribution in [3.8, 4) is 0 Å². The van der Waals surface area contributed by atoms with Gasteiger partial charge in [-0.05, 0) is 45.8 Å². The Kier molecular flexibility index (Phi) is 4.65. The average molecular weight is 321 g/mol. The molecule has 0 atom stereocenters. The molecule has 0 radical (unpaired) electrons. The number of aromatic nitrogens is 1. The molecule has 1 aromatic heterocycles. The van der Waals surface area contributed by atoms with Gasteiger partial charge in [-0.1, -0.05) is 12.1 Å². The maximum Gasteiger partial charge on any atom is 0.257 e. The van der Waals surface area contributed by atoms with Gasteiger partial charge in [0, 0.05) is 19.0 Å². The number of carbonyl (C=O) groups is 1. The summed E-state index contributed by atoms with van der Waals surface area (Å²) in [7, 11) is 1.64. The third kappa shape index (κ3) is 3.87. The van der Waals surface area contributed by atoms with E-state index >= 15 is 0 Å². The Labute approximate surface area is 119 Å². The van der Waals surface area contributed by atoms with Crippen molar-refractivity contribution in [3.05, 3.63) is 58.3 Å². The van der Waals surface area contributed by atoms with Gasteiger partial charge in [0.15, 0.2) is 0 Å². The average Bonchev–Trinajstić information content (AvgIpc) is 2.40. The molecule has 2 rings (SSSR count). The number of nitrogens with one attached hydrogen (secondary N) is 1. The monoisotopic (exact) mass is 320 g/mol. The van der Waals surface area contributed by atoms with Crippen molar-refractivity contribution in [1.29, 1.82) is 0 Å². The van der Waals surface area contributed by atoms with Crippen molar-refractivity contribution in [3.63, 3.8) is 0 Å². The van der Waals surface area contributed by atoms with Crippen LogP contribution in [0, 0.1) is 0 Å². The van der Waals surface area contributed by atoms with Gasteiger partial charge in [0.1, 0.15) is 4.60 Å². The topological polar surface area (TPSA) is 51.2 Å². The Morgan fingerprint density at radius 3 is 2.89 bits per heavy atom. The zero-order valence-electron chi connectivity index (χ0n) is 10.4. The first-order valence-corrected chi connectivity index (χ1v) is 6.49. The molecule has 0 bridgehead atoms. The summed E-state index contributed by atoms with van der Waals surface area (Å²) in [5.74, 6) is -0.186. The molecule has 5 heteroatoms. The van der Waals surface area contributed by atoms with Crippen LogP contribution >= 0.6 is 15.9 Å². The highest BCUT2D eigenvalue weighted by atomic mass is 79.9. The lowest BCUT2D eigenvalue weighted by molar-refractivity contribution is 0.102. The number of amides is 1. The minimum absolute atomic E-state index is 0.186. The predicted molar refractivity (Wildman–Crippen MR) is 77.0 cm³/mol. The van der Waals surface area contributed by atoms with E-state index in [0.717, 1.165) is 11.3 Å². The molecule has 19 heavy (non-hydrogen) atoms. The van der Waals surface area contributed by atoms with Gasteiger partial charge in [-0.2, -0.15) is 0 Å². The standard InChI is InChI=1S/C14H13BrN2O2/c1-19-9-10-3-2-4-12(7-10)17-14(18)11-5-6-13(15)16-8-11/h2-8H,9H2,1H3,(H,17,18). The first kappa shape index (κ1) is 13.7. The van der Waals surface area contributed by atoms with Gasteiger partial charge in [0.05, 0.1) is 12.2 Å². The van der Waals surface area contributed by atoms with E-state index in [1.54, 1.807) is 19.2 Å². The van der Waals surface area contributed by atoms with Gasteiger partial charge < -0.3 is 10.1 Å². The Hall–Kier alpha value is -1.72. The van der Waals surface area contributed by atoms with Crippen molar-refractivity contribution in [2.75, 3.05) is 12.4 Å². The van der Waals surface area contributed by atoms with Crippen molar-refractivity contribution < 1.29 is 9.53 Å². The van der Waals surface area contributed by atoms with Gasteiger partial charge >= 0.3 is 0 Å². The van der Waals surface area contributed by atoms with Crippen molar-refractivity contribution in [2.24, 2.45) is 0 Å². The number of ether oxygens (including phenoxy) is 1. The Morgan fingerprint density at radius 2 is 2.21 bits per heavy atom. The number of rotatable bonds is 4. The van der Waals surface area contributed by atoms with E-state index in [4.69, 9.17) is 4.74 Å². The molecule has 1 N–H and O–H groups in total. The number of hydrogen-bond donors (Lipinski definition) is 1. The fourth-order valence-corrected chi connectivity index (χ4v) is 1.85. The highest BCUT2D eigenvalue weighted by Gasteiger charge is 2.06. The number of carbonyl (C=O) groups excluding carboxylic acids is 1. The fourth-order valence-electron chi connectivity index (χ4n) is 1.62. The van der Waals surface area contributed by atoms with Crippen LogP contribution in [0.2, 0.25) is 0 Å². The molecule has 1 heterocycles. The predicted octanol–water partition coefficient (Wildman–Crippen LogP) is 3.24. The SMILES string of the molecule is COCc1cccc(NC(=O)c2ccc(Br)nc2)c1. The maximum absolute atomic E-state index is 12.0. The lowest BCUT2D eigenvalue weighted by Gasteiger charge is -2.07. The van der Waals surface area contributed by atoms with E-state index in [9.17, 15) is 4.79 Å². The van der Waals surface area contributed by atoms with Crippen LogP contribution in [0.25, 0.3) is 0 Å². The van der Waals surface area contributed by atoms with E-state index in [-0.39, 0.29) is 5.91 Å². The second kappa shape index (κ2) is 6.45. The molecule has 0 aliphatic heterocycles. The van der Waals surface area contributed by atoms with Crippen molar-refractivity contribution in [1.82, 2.24) is 4.98 Å². The zero-order chi connectivity index (χ0) is 13.7. The third-order valence-electron chi connectivity index (χ3n) is 2.49. The van der Waals surface area contributed by atoms with Crippen LogP contribution in [-0.2, 0) is 11.3 Å². The zero-order valence-corrected chi connectivity index (χ0v) is 12.0. The summed E-state index contributed by atoms with van der Waals surface area (Å²) >= 11 is 3.23. The highest BCUT2D eigenvalue weighted by Crippen LogP contribution is 2.13. The molecule has 0 unspecified atom stereocenters. The van der Waals surface area contributed by atoms with E-state index < -0.39 is 0 Å². The molecule has 0 saturated carbocycles. The second-order valence-corrected chi connectivity index (χ2v) is 4.77. The number of nitrogens with zero attached hydrogens (tertiary/aromatic N) is 1. The number of halogens is 1. The molecule has 0 saturated heterocycles. The molecule has 4 nitrogen and oxygen atoms in total. The molecule has 1 amide bonds. The lowest BCUT2D eigenvalue weighted by Crippen LogP contribution is -2.12. The Bertz CT molecular complexity index is 570. The lowest BCUT2D eigenvalue weighted by atomic mass is 10.2. The molecule has 98 valence electrons. The van der Waals surface area contributed by atoms with Gasteiger partial charge in [0.2, 0.25) is 0 Å². The van der Waals surface area contributed by atoms with Crippen LogP contribution in [0.3, 0.4) is 0 Å². The molecule has 0 aliphatic rings.